The van der Waals surface area contributed by atoms with E-state index < -0.39 is 18.4 Å². The number of hydrogen-bond acceptors (Lipinski definition) is 4. The second kappa shape index (κ2) is 8.59. The zero-order chi connectivity index (χ0) is 20.3. The fourth-order valence-corrected chi connectivity index (χ4v) is 4.38. The minimum absolute atomic E-state index is 0.313. The lowest BCUT2D eigenvalue weighted by molar-refractivity contribution is -0.139. The van der Waals surface area contributed by atoms with E-state index in [2.05, 4.69) is 6.92 Å². The normalized spacial score (nSPS) is 19.5. The average molecular weight is 385 g/mol. The van der Waals surface area contributed by atoms with Crippen LogP contribution in [0.3, 0.4) is 0 Å². The Hall–Kier alpha value is -2.63. The summed E-state index contributed by atoms with van der Waals surface area (Å²) in [6, 6.07) is 3.43. The van der Waals surface area contributed by atoms with Crippen molar-refractivity contribution in [2.75, 3.05) is 6.61 Å². The van der Waals surface area contributed by atoms with Crippen molar-refractivity contribution in [2.24, 2.45) is 11.8 Å². The second-order valence-corrected chi connectivity index (χ2v) is 7.74. The first-order valence-corrected chi connectivity index (χ1v) is 9.95. The Bertz CT molecular complexity index is 890. The van der Waals surface area contributed by atoms with Crippen molar-refractivity contribution >= 4 is 23.6 Å². The Kier molecular flexibility index (Phi) is 6.17. The number of fused-ring (bicyclic) bond motifs is 1. The SMILES string of the molecule is CCc1c(C(=O)C=O)c2c(OCC(=O)O)cccn2c1CC1CCC(C)CC1. The van der Waals surface area contributed by atoms with Crippen molar-refractivity contribution in [3.8, 4) is 5.75 Å². The van der Waals surface area contributed by atoms with E-state index in [4.69, 9.17) is 9.84 Å². The third-order valence-corrected chi connectivity index (χ3v) is 5.81. The minimum atomic E-state index is -1.09. The number of carboxylic acids is 1. The molecule has 0 unspecified atom stereocenters. The van der Waals surface area contributed by atoms with Crippen LogP contribution in [-0.4, -0.2) is 34.2 Å². The molecule has 0 aliphatic heterocycles. The third kappa shape index (κ3) is 3.96. The highest BCUT2D eigenvalue weighted by Gasteiger charge is 2.27. The lowest BCUT2D eigenvalue weighted by atomic mass is 9.80. The summed E-state index contributed by atoms with van der Waals surface area (Å²) in [6.45, 7) is 3.75. The molecular weight excluding hydrogens is 358 g/mol. The number of carbonyl (C=O) groups excluding carboxylic acids is 2. The van der Waals surface area contributed by atoms with Crippen LogP contribution in [0.5, 0.6) is 5.75 Å². The minimum Gasteiger partial charge on any atom is -0.480 e. The quantitative estimate of drug-likeness (QED) is 0.425. The fourth-order valence-electron chi connectivity index (χ4n) is 4.38. The number of aromatic nitrogens is 1. The number of nitrogens with zero attached hydrogens (tertiary/aromatic N) is 1. The summed E-state index contributed by atoms with van der Waals surface area (Å²) in [5.41, 5.74) is 2.74. The smallest absolute Gasteiger partial charge is 0.341 e. The zero-order valence-electron chi connectivity index (χ0n) is 16.4. The molecule has 1 aliphatic rings. The highest BCUT2D eigenvalue weighted by atomic mass is 16.5. The molecule has 1 fully saturated rings. The van der Waals surface area contributed by atoms with Crippen molar-refractivity contribution in [1.82, 2.24) is 4.40 Å². The van der Waals surface area contributed by atoms with Gasteiger partial charge in [0.25, 0.3) is 0 Å². The number of carboxylic acid groups (broad SMARTS) is 1. The number of carbonyl (C=O) groups is 3. The lowest BCUT2D eigenvalue weighted by Gasteiger charge is -2.26. The topological polar surface area (TPSA) is 85.1 Å². The van der Waals surface area contributed by atoms with E-state index in [1.54, 1.807) is 12.1 Å². The van der Waals surface area contributed by atoms with Gasteiger partial charge in [-0.05, 0) is 55.2 Å². The summed E-state index contributed by atoms with van der Waals surface area (Å²) in [4.78, 5) is 34.8. The molecular formula is C22H27NO5. The van der Waals surface area contributed by atoms with Gasteiger partial charge >= 0.3 is 5.97 Å². The summed E-state index contributed by atoms with van der Waals surface area (Å²) < 4.78 is 7.37. The maximum Gasteiger partial charge on any atom is 0.341 e. The Morgan fingerprint density at radius 3 is 2.61 bits per heavy atom. The van der Waals surface area contributed by atoms with Gasteiger partial charge in [0.15, 0.2) is 12.9 Å². The molecule has 0 spiro atoms. The molecule has 2 aromatic heterocycles. The molecule has 28 heavy (non-hydrogen) atoms. The summed E-state index contributed by atoms with van der Waals surface area (Å²) in [5.74, 6) is -0.0711. The van der Waals surface area contributed by atoms with Gasteiger partial charge in [-0.1, -0.05) is 26.7 Å². The molecule has 3 rings (SSSR count). The Morgan fingerprint density at radius 2 is 2.00 bits per heavy atom. The molecule has 0 radical (unpaired) electrons. The van der Waals surface area contributed by atoms with Crippen LogP contribution in [0.1, 0.15) is 61.1 Å². The van der Waals surface area contributed by atoms with Gasteiger partial charge in [-0.15, -0.1) is 0 Å². The number of aldehydes is 1. The van der Waals surface area contributed by atoms with Crippen LogP contribution in [0.4, 0.5) is 0 Å². The van der Waals surface area contributed by atoms with Crippen LogP contribution in [-0.2, 0) is 22.4 Å². The van der Waals surface area contributed by atoms with E-state index in [9.17, 15) is 14.4 Å². The first-order valence-electron chi connectivity index (χ1n) is 9.95. The van der Waals surface area contributed by atoms with E-state index in [0.29, 0.717) is 35.5 Å². The van der Waals surface area contributed by atoms with Crippen molar-refractivity contribution in [2.45, 2.75) is 52.4 Å². The van der Waals surface area contributed by atoms with E-state index >= 15 is 0 Å². The number of rotatable bonds is 8. The Labute approximate surface area is 164 Å². The molecule has 1 N–H and O–H groups in total. The number of ketones is 1. The van der Waals surface area contributed by atoms with Gasteiger partial charge in [0.1, 0.15) is 5.75 Å². The van der Waals surface area contributed by atoms with E-state index in [1.807, 2.05) is 17.5 Å². The summed E-state index contributed by atoms with van der Waals surface area (Å²) >= 11 is 0. The van der Waals surface area contributed by atoms with Gasteiger partial charge < -0.3 is 14.2 Å². The average Bonchev–Trinajstić information content (AvgIpc) is 3.01. The molecule has 1 saturated carbocycles. The maximum absolute atomic E-state index is 12.5. The van der Waals surface area contributed by atoms with Crippen molar-refractivity contribution in [1.29, 1.82) is 0 Å². The number of hydrogen-bond donors (Lipinski definition) is 1. The number of Topliss-reactive ketones (excluding diaryl/α,β-unsaturated/α-hetero) is 1. The lowest BCUT2D eigenvalue weighted by Crippen LogP contribution is -2.16. The first-order chi connectivity index (χ1) is 13.5. The summed E-state index contributed by atoms with van der Waals surface area (Å²) in [5, 5.41) is 8.96. The van der Waals surface area contributed by atoms with Crippen molar-refractivity contribution in [3.63, 3.8) is 0 Å². The van der Waals surface area contributed by atoms with Gasteiger partial charge in [-0.25, -0.2) is 4.79 Å². The van der Waals surface area contributed by atoms with Crippen LogP contribution in [0.15, 0.2) is 18.3 Å². The monoisotopic (exact) mass is 385 g/mol. The number of ether oxygens (including phenoxy) is 1. The summed E-state index contributed by atoms with van der Waals surface area (Å²) in [6.07, 6.45) is 8.39. The highest BCUT2D eigenvalue weighted by Crippen LogP contribution is 2.36. The van der Waals surface area contributed by atoms with Crippen LogP contribution in [0, 0.1) is 11.8 Å². The number of pyridine rings is 1. The predicted octanol–water partition coefficient (Wildman–Crippen LogP) is 3.72. The molecule has 0 atom stereocenters. The summed E-state index contributed by atoms with van der Waals surface area (Å²) in [7, 11) is 0. The van der Waals surface area contributed by atoms with Crippen LogP contribution in [0.2, 0.25) is 0 Å². The zero-order valence-corrected chi connectivity index (χ0v) is 16.4. The van der Waals surface area contributed by atoms with Crippen LogP contribution >= 0.6 is 0 Å². The Balaban J connectivity index is 2.11. The molecule has 6 heteroatoms. The molecule has 1 aliphatic carbocycles. The van der Waals surface area contributed by atoms with Gasteiger partial charge in [0.2, 0.25) is 5.78 Å². The Morgan fingerprint density at radius 1 is 1.29 bits per heavy atom. The van der Waals surface area contributed by atoms with Crippen molar-refractivity contribution in [3.05, 3.63) is 35.2 Å². The number of aliphatic carboxylic acids is 1. The molecule has 6 nitrogen and oxygen atoms in total. The van der Waals surface area contributed by atoms with E-state index in [0.717, 1.165) is 36.4 Å². The van der Waals surface area contributed by atoms with Gasteiger partial charge in [-0.2, -0.15) is 0 Å². The van der Waals surface area contributed by atoms with Crippen molar-refractivity contribution < 1.29 is 24.2 Å². The molecule has 0 bridgehead atoms. The van der Waals surface area contributed by atoms with Crippen LogP contribution in [0.25, 0.3) is 5.52 Å². The molecule has 150 valence electrons. The fraction of sp³-hybridized carbons (Fsp3) is 0.500. The molecule has 0 aromatic carbocycles. The largest absolute Gasteiger partial charge is 0.480 e. The van der Waals surface area contributed by atoms with E-state index in [-0.39, 0.29) is 0 Å². The third-order valence-electron chi connectivity index (χ3n) is 5.81. The van der Waals surface area contributed by atoms with Gasteiger partial charge in [0, 0.05) is 11.9 Å². The second-order valence-electron chi connectivity index (χ2n) is 7.74. The molecule has 2 aromatic rings. The van der Waals surface area contributed by atoms with Crippen LogP contribution < -0.4 is 4.74 Å². The highest BCUT2D eigenvalue weighted by molar-refractivity contribution is 6.36. The molecule has 0 saturated heterocycles. The molecule has 2 heterocycles. The predicted molar refractivity (Wildman–Crippen MR) is 105 cm³/mol. The van der Waals surface area contributed by atoms with E-state index in [1.165, 1.54) is 12.8 Å². The molecule has 0 amide bonds. The van der Waals surface area contributed by atoms with Gasteiger partial charge in [0.05, 0.1) is 11.1 Å². The first kappa shape index (κ1) is 20.1. The standard InChI is InChI=1S/C22H27NO5/c1-3-16-17(11-15-8-6-14(2)7-9-15)23-10-4-5-19(28-13-20(26)27)22(23)21(16)18(25)12-24/h4-5,10,12,14-15H,3,6-9,11,13H2,1-2H3,(H,26,27). The van der Waals surface area contributed by atoms with Gasteiger partial charge in [-0.3, -0.25) is 9.59 Å². The maximum atomic E-state index is 12.5.